The van der Waals surface area contributed by atoms with Crippen LogP contribution in [0.5, 0.6) is 11.5 Å². The zero-order chi connectivity index (χ0) is 21.8. The van der Waals surface area contributed by atoms with Crippen molar-refractivity contribution in [2.24, 2.45) is 0 Å². The monoisotopic (exact) mass is 424 g/mol. The molecule has 9 heteroatoms. The van der Waals surface area contributed by atoms with E-state index >= 15 is 0 Å². The molecule has 5 aromatic rings. The van der Waals surface area contributed by atoms with Gasteiger partial charge in [0.05, 0.1) is 0 Å². The Labute approximate surface area is 183 Å². The van der Waals surface area contributed by atoms with Gasteiger partial charge < -0.3 is 21.1 Å². The van der Waals surface area contributed by atoms with E-state index in [0.717, 1.165) is 17.0 Å². The fourth-order valence-corrected chi connectivity index (χ4v) is 3.10. The summed E-state index contributed by atoms with van der Waals surface area (Å²) < 4.78 is 7.28. The molecular weight excluding hydrogens is 404 g/mol. The maximum absolute atomic E-state index is 6.16. The van der Waals surface area contributed by atoms with Gasteiger partial charge in [-0.1, -0.05) is 30.3 Å². The molecule has 0 aliphatic rings. The number of hydrogen-bond acceptors (Lipinski definition) is 8. The van der Waals surface area contributed by atoms with Crippen molar-refractivity contribution in [3.63, 3.8) is 0 Å². The lowest BCUT2D eigenvalue weighted by molar-refractivity contribution is 0.482. The molecule has 2 aromatic carbocycles. The SMILES string of the molecule is Nc1cc(NCc2ccccc2)nc2nc(Nc3ccc(Oc4ccncc4)cc3)nn12. The number of nitrogens with one attached hydrogen (secondary N) is 2. The quantitative estimate of drug-likeness (QED) is 0.355. The molecule has 0 amide bonds. The largest absolute Gasteiger partial charge is 0.457 e. The minimum Gasteiger partial charge on any atom is -0.457 e. The Hall–Kier alpha value is -4.66. The van der Waals surface area contributed by atoms with Gasteiger partial charge in [0.15, 0.2) is 0 Å². The Morgan fingerprint density at radius 3 is 2.41 bits per heavy atom. The lowest BCUT2D eigenvalue weighted by atomic mass is 10.2. The number of rotatable bonds is 7. The number of hydrogen-bond donors (Lipinski definition) is 3. The second kappa shape index (κ2) is 8.60. The summed E-state index contributed by atoms with van der Waals surface area (Å²) in [4.78, 5) is 12.9. The molecule has 0 aliphatic heterocycles. The first-order chi connectivity index (χ1) is 15.7. The van der Waals surface area contributed by atoms with Crippen LogP contribution in [-0.2, 0) is 6.54 Å². The number of pyridine rings is 1. The number of nitrogens with zero attached hydrogens (tertiary/aromatic N) is 5. The lowest BCUT2D eigenvalue weighted by Crippen LogP contribution is -2.06. The Balaban J connectivity index is 1.28. The lowest BCUT2D eigenvalue weighted by Gasteiger charge is -2.06. The van der Waals surface area contributed by atoms with Gasteiger partial charge in [-0.2, -0.15) is 14.5 Å². The third-order valence-electron chi connectivity index (χ3n) is 4.65. The second-order valence-electron chi connectivity index (χ2n) is 6.99. The van der Waals surface area contributed by atoms with Crippen LogP contribution in [0.15, 0.2) is 85.2 Å². The van der Waals surface area contributed by atoms with Crippen molar-refractivity contribution in [2.75, 3.05) is 16.4 Å². The first kappa shape index (κ1) is 19.3. The van der Waals surface area contributed by atoms with Gasteiger partial charge in [-0.25, -0.2) is 0 Å². The van der Waals surface area contributed by atoms with Crippen molar-refractivity contribution in [3.05, 3.63) is 90.8 Å². The number of nitrogen functional groups attached to an aromatic ring is 1. The summed E-state index contributed by atoms with van der Waals surface area (Å²) in [5, 5.41) is 10.8. The van der Waals surface area contributed by atoms with Crippen LogP contribution >= 0.6 is 0 Å². The van der Waals surface area contributed by atoms with Crippen LogP contribution in [0, 0.1) is 0 Å². The predicted molar refractivity (Wildman–Crippen MR) is 123 cm³/mol. The summed E-state index contributed by atoms with van der Waals surface area (Å²) in [6.45, 7) is 0.636. The number of benzene rings is 2. The van der Waals surface area contributed by atoms with Crippen LogP contribution in [0.1, 0.15) is 5.56 Å². The molecule has 3 aromatic heterocycles. The normalized spacial score (nSPS) is 10.8. The molecular formula is C23H20N8O. The molecule has 0 radical (unpaired) electrons. The van der Waals surface area contributed by atoms with Crippen molar-refractivity contribution >= 4 is 29.0 Å². The molecule has 4 N–H and O–H groups in total. The number of nitrogens with two attached hydrogens (primary N) is 1. The fraction of sp³-hybridized carbons (Fsp3) is 0.0435. The van der Waals surface area contributed by atoms with Crippen molar-refractivity contribution in [2.45, 2.75) is 6.54 Å². The van der Waals surface area contributed by atoms with Gasteiger partial charge >= 0.3 is 0 Å². The van der Waals surface area contributed by atoms with E-state index in [-0.39, 0.29) is 0 Å². The number of anilines is 4. The van der Waals surface area contributed by atoms with Crippen molar-refractivity contribution in [1.29, 1.82) is 0 Å². The Bertz CT molecular complexity index is 1320. The molecule has 0 saturated heterocycles. The highest BCUT2D eigenvalue weighted by Gasteiger charge is 2.10. The van der Waals surface area contributed by atoms with Gasteiger partial charge in [-0.3, -0.25) is 4.98 Å². The average Bonchev–Trinajstić information content (AvgIpc) is 3.23. The van der Waals surface area contributed by atoms with E-state index in [2.05, 4.69) is 30.7 Å². The topological polar surface area (TPSA) is 115 Å². The minimum absolute atomic E-state index is 0.396. The number of ether oxygens (including phenoxy) is 1. The molecule has 9 nitrogen and oxygen atoms in total. The zero-order valence-corrected chi connectivity index (χ0v) is 17.0. The van der Waals surface area contributed by atoms with E-state index in [9.17, 15) is 0 Å². The molecule has 5 rings (SSSR count). The van der Waals surface area contributed by atoms with Crippen LogP contribution < -0.4 is 21.1 Å². The Morgan fingerprint density at radius 1 is 0.875 bits per heavy atom. The van der Waals surface area contributed by atoms with Crippen molar-refractivity contribution in [3.8, 4) is 11.5 Å². The minimum atomic E-state index is 0.396. The third-order valence-corrected chi connectivity index (χ3v) is 4.65. The molecule has 3 heterocycles. The van der Waals surface area contributed by atoms with E-state index in [4.69, 9.17) is 10.5 Å². The Kier molecular flexibility index (Phi) is 5.19. The Morgan fingerprint density at radius 2 is 1.62 bits per heavy atom. The van der Waals surface area contributed by atoms with Crippen LogP contribution in [-0.4, -0.2) is 24.6 Å². The molecule has 0 fully saturated rings. The van der Waals surface area contributed by atoms with Gasteiger partial charge in [-0.15, -0.1) is 5.10 Å². The van der Waals surface area contributed by atoms with Gasteiger partial charge in [0, 0.05) is 30.7 Å². The molecule has 0 aliphatic carbocycles. The predicted octanol–water partition coefficient (Wildman–Crippen LogP) is 4.25. The molecule has 0 saturated carbocycles. The summed E-state index contributed by atoms with van der Waals surface area (Å²) in [5.74, 6) is 3.31. The van der Waals surface area contributed by atoms with Gasteiger partial charge in [0.2, 0.25) is 5.95 Å². The molecule has 0 bridgehead atoms. The van der Waals surface area contributed by atoms with Crippen LogP contribution in [0.3, 0.4) is 0 Å². The molecule has 0 spiro atoms. The highest BCUT2D eigenvalue weighted by atomic mass is 16.5. The smallest absolute Gasteiger partial charge is 0.257 e. The first-order valence-electron chi connectivity index (χ1n) is 9.99. The number of fused-ring (bicyclic) bond motifs is 1. The van der Waals surface area contributed by atoms with Crippen LogP contribution in [0.2, 0.25) is 0 Å². The second-order valence-corrected chi connectivity index (χ2v) is 6.99. The fourth-order valence-electron chi connectivity index (χ4n) is 3.10. The molecule has 158 valence electrons. The third kappa shape index (κ3) is 4.41. The first-order valence-corrected chi connectivity index (χ1v) is 9.99. The van der Waals surface area contributed by atoms with Crippen molar-refractivity contribution in [1.82, 2.24) is 24.6 Å². The van der Waals surface area contributed by atoms with Gasteiger partial charge in [0.1, 0.15) is 23.1 Å². The number of aromatic nitrogens is 5. The highest BCUT2D eigenvalue weighted by molar-refractivity contribution is 5.59. The summed E-state index contributed by atoms with van der Waals surface area (Å²) >= 11 is 0. The van der Waals surface area contributed by atoms with E-state index in [1.165, 1.54) is 4.52 Å². The average molecular weight is 424 g/mol. The molecule has 0 unspecified atom stereocenters. The standard InChI is InChI=1S/C23H20N8O/c24-20-14-21(26-15-16-4-2-1-3-5-16)28-23-29-22(30-31(20)23)27-17-6-8-18(9-7-17)32-19-10-12-25-13-11-19/h1-14H,15,24H2,(H2,26,27,28,29,30). The molecule has 32 heavy (non-hydrogen) atoms. The summed E-state index contributed by atoms with van der Waals surface area (Å²) in [5.41, 5.74) is 8.11. The van der Waals surface area contributed by atoms with E-state index < -0.39 is 0 Å². The summed E-state index contributed by atoms with van der Waals surface area (Å²) in [6, 6.07) is 22.9. The van der Waals surface area contributed by atoms with Crippen molar-refractivity contribution < 1.29 is 4.74 Å². The van der Waals surface area contributed by atoms with Crippen LogP contribution in [0.4, 0.5) is 23.3 Å². The van der Waals surface area contributed by atoms with E-state index in [1.54, 1.807) is 30.6 Å². The maximum atomic E-state index is 6.16. The summed E-state index contributed by atoms with van der Waals surface area (Å²) in [7, 11) is 0. The summed E-state index contributed by atoms with van der Waals surface area (Å²) in [6.07, 6.45) is 3.37. The van der Waals surface area contributed by atoms with E-state index in [0.29, 0.717) is 35.7 Å². The van der Waals surface area contributed by atoms with Crippen LogP contribution in [0.25, 0.3) is 5.78 Å². The maximum Gasteiger partial charge on any atom is 0.257 e. The molecule has 0 atom stereocenters. The van der Waals surface area contributed by atoms with Gasteiger partial charge in [0.25, 0.3) is 5.78 Å². The zero-order valence-electron chi connectivity index (χ0n) is 17.0. The van der Waals surface area contributed by atoms with Gasteiger partial charge in [-0.05, 0) is 42.0 Å². The van der Waals surface area contributed by atoms with E-state index in [1.807, 2.05) is 54.6 Å². The highest BCUT2D eigenvalue weighted by Crippen LogP contribution is 2.24.